The van der Waals surface area contributed by atoms with E-state index < -0.39 is 6.10 Å². The Hall–Kier alpha value is -1.99. The van der Waals surface area contributed by atoms with Crippen molar-refractivity contribution >= 4 is 23.3 Å². The number of hydrogen-bond donors (Lipinski definition) is 2. The van der Waals surface area contributed by atoms with Gasteiger partial charge in [0, 0.05) is 37.0 Å². The number of carbonyl (C=O) groups is 2. The zero-order valence-corrected chi connectivity index (χ0v) is 14.3. The third kappa shape index (κ3) is 3.42. The van der Waals surface area contributed by atoms with E-state index in [2.05, 4.69) is 22.5 Å². The van der Waals surface area contributed by atoms with Crippen molar-refractivity contribution in [1.82, 2.24) is 10.3 Å². The molecule has 0 aromatic carbocycles. The van der Waals surface area contributed by atoms with Gasteiger partial charge in [-0.05, 0) is 32.4 Å². The summed E-state index contributed by atoms with van der Waals surface area (Å²) in [5, 5.41) is 5.98. The van der Waals surface area contributed by atoms with Crippen molar-refractivity contribution in [3.63, 3.8) is 0 Å². The van der Waals surface area contributed by atoms with Crippen LogP contribution in [0.5, 0.6) is 0 Å². The minimum absolute atomic E-state index is 0.0344. The molecule has 1 aromatic heterocycles. The lowest BCUT2D eigenvalue weighted by molar-refractivity contribution is -0.126. The highest BCUT2D eigenvalue weighted by molar-refractivity contribution is 5.97. The molecule has 2 saturated heterocycles. The lowest BCUT2D eigenvalue weighted by Gasteiger charge is -2.17. The van der Waals surface area contributed by atoms with Crippen LogP contribution in [-0.4, -0.2) is 48.6 Å². The summed E-state index contributed by atoms with van der Waals surface area (Å²) in [7, 11) is 1.84. The first-order valence-corrected chi connectivity index (χ1v) is 8.38. The van der Waals surface area contributed by atoms with Gasteiger partial charge in [-0.25, -0.2) is 4.98 Å². The van der Waals surface area contributed by atoms with Crippen LogP contribution in [0.15, 0.2) is 18.3 Å². The molecule has 7 nitrogen and oxygen atoms in total. The van der Waals surface area contributed by atoms with Crippen molar-refractivity contribution in [3.05, 3.63) is 18.3 Å². The van der Waals surface area contributed by atoms with E-state index >= 15 is 0 Å². The Morgan fingerprint density at radius 3 is 2.83 bits per heavy atom. The van der Waals surface area contributed by atoms with Crippen LogP contribution in [0, 0.1) is 5.92 Å². The van der Waals surface area contributed by atoms with E-state index in [1.54, 1.807) is 23.2 Å². The molecule has 2 aliphatic rings. The number of anilines is 2. The molecule has 0 radical (unpaired) electrons. The molecule has 4 unspecified atom stereocenters. The first-order valence-electron chi connectivity index (χ1n) is 8.38. The Labute approximate surface area is 141 Å². The van der Waals surface area contributed by atoms with Crippen molar-refractivity contribution in [2.45, 2.75) is 44.9 Å². The molecule has 0 bridgehead atoms. The summed E-state index contributed by atoms with van der Waals surface area (Å²) in [4.78, 5) is 30.4. The highest BCUT2D eigenvalue weighted by Crippen LogP contribution is 2.27. The second kappa shape index (κ2) is 6.86. The molecule has 0 spiro atoms. The fourth-order valence-electron chi connectivity index (χ4n) is 3.14. The Morgan fingerprint density at radius 2 is 2.21 bits per heavy atom. The van der Waals surface area contributed by atoms with Crippen LogP contribution in [0.25, 0.3) is 0 Å². The molecule has 24 heavy (non-hydrogen) atoms. The maximum atomic E-state index is 12.4. The standard InChI is InChI=1S/C17H24N4O3/c1-10-6-14(24-11(10)2)17(23)20-12-4-5-19-15(7-12)21-9-13(18-3)8-16(21)22/h4-5,7,10-11,13-14,18H,6,8-9H2,1-3H3,(H,19,20,23). The van der Waals surface area contributed by atoms with E-state index in [-0.39, 0.29) is 24.0 Å². The molecule has 4 atom stereocenters. The molecule has 3 heterocycles. The molecule has 3 rings (SSSR count). The van der Waals surface area contributed by atoms with Crippen LogP contribution in [0.3, 0.4) is 0 Å². The van der Waals surface area contributed by atoms with Gasteiger partial charge in [-0.1, -0.05) is 6.92 Å². The van der Waals surface area contributed by atoms with Crippen LogP contribution in [0.1, 0.15) is 26.7 Å². The number of likely N-dealkylation sites (N-methyl/N-ethyl adjacent to an activating group) is 1. The Morgan fingerprint density at radius 1 is 1.42 bits per heavy atom. The summed E-state index contributed by atoms with van der Waals surface area (Å²) in [5.74, 6) is 0.815. The molecule has 130 valence electrons. The molecule has 2 N–H and O–H groups in total. The van der Waals surface area contributed by atoms with Crippen LogP contribution in [-0.2, 0) is 14.3 Å². The van der Waals surface area contributed by atoms with Crippen molar-refractivity contribution in [2.75, 3.05) is 23.8 Å². The average molecular weight is 332 g/mol. The summed E-state index contributed by atoms with van der Waals surface area (Å²) in [6, 6.07) is 3.59. The maximum Gasteiger partial charge on any atom is 0.253 e. The van der Waals surface area contributed by atoms with E-state index in [4.69, 9.17) is 4.74 Å². The van der Waals surface area contributed by atoms with Gasteiger partial charge in [-0.3, -0.25) is 14.5 Å². The van der Waals surface area contributed by atoms with Gasteiger partial charge in [0.25, 0.3) is 5.91 Å². The van der Waals surface area contributed by atoms with Gasteiger partial charge < -0.3 is 15.4 Å². The molecular weight excluding hydrogens is 308 g/mol. The highest BCUT2D eigenvalue weighted by atomic mass is 16.5. The van der Waals surface area contributed by atoms with Crippen LogP contribution in [0.2, 0.25) is 0 Å². The van der Waals surface area contributed by atoms with Crippen LogP contribution < -0.4 is 15.5 Å². The molecule has 7 heteroatoms. The summed E-state index contributed by atoms with van der Waals surface area (Å²) < 4.78 is 5.68. The first-order chi connectivity index (χ1) is 11.5. The number of nitrogens with one attached hydrogen (secondary N) is 2. The van der Waals surface area contributed by atoms with Gasteiger partial charge in [0.1, 0.15) is 11.9 Å². The van der Waals surface area contributed by atoms with Gasteiger partial charge in [-0.15, -0.1) is 0 Å². The second-order valence-electron chi connectivity index (χ2n) is 6.63. The van der Waals surface area contributed by atoms with Crippen LogP contribution >= 0.6 is 0 Å². The zero-order chi connectivity index (χ0) is 17.3. The number of nitrogens with zero attached hydrogens (tertiary/aromatic N) is 2. The lowest BCUT2D eigenvalue weighted by Crippen LogP contribution is -2.31. The van der Waals surface area contributed by atoms with Gasteiger partial charge >= 0.3 is 0 Å². The predicted octanol–water partition coefficient (Wildman–Crippen LogP) is 1.16. The van der Waals surface area contributed by atoms with E-state index in [1.807, 2.05) is 14.0 Å². The fraction of sp³-hybridized carbons (Fsp3) is 0.588. The average Bonchev–Trinajstić information content (AvgIpc) is 3.10. The number of carbonyl (C=O) groups excluding carboxylic acids is 2. The third-order valence-corrected chi connectivity index (χ3v) is 4.88. The summed E-state index contributed by atoms with van der Waals surface area (Å²) >= 11 is 0. The normalized spacial score (nSPS) is 30.0. The molecular formula is C17H24N4O3. The van der Waals surface area contributed by atoms with Gasteiger partial charge in [0.05, 0.1) is 6.10 Å². The second-order valence-corrected chi connectivity index (χ2v) is 6.63. The van der Waals surface area contributed by atoms with Crippen molar-refractivity contribution in [3.8, 4) is 0 Å². The minimum atomic E-state index is -0.422. The zero-order valence-electron chi connectivity index (χ0n) is 14.3. The Kier molecular flexibility index (Phi) is 4.82. The Balaban J connectivity index is 1.68. The SMILES string of the molecule is CNC1CC(=O)N(c2cc(NC(=O)C3CC(C)C(C)O3)ccn2)C1. The summed E-state index contributed by atoms with van der Waals surface area (Å²) in [6.45, 7) is 4.65. The summed E-state index contributed by atoms with van der Waals surface area (Å²) in [6.07, 6.45) is 2.45. The van der Waals surface area contributed by atoms with Gasteiger partial charge in [-0.2, -0.15) is 0 Å². The van der Waals surface area contributed by atoms with Crippen molar-refractivity contribution in [1.29, 1.82) is 0 Å². The van der Waals surface area contributed by atoms with Gasteiger partial charge in [0.15, 0.2) is 0 Å². The molecule has 2 aliphatic heterocycles. The molecule has 0 aliphatic carbocycles. The number of pyridine rings is 1. The number of rotatable bonds is 4. The Bertz CT molecular complexity index is 626. The van der Waals surface area contributed by atoms with Crippen molar-refractivity contribution < 1.29 is 14.3 Å². The van der Waals surface area contributed by atoms with Crippen molar-refractivity contribution in [2.24, 2.45) is 5.92 Å². The monoisotopic (exact) mass is 332 g/mol. The fourth-order valence-corrected chi connectivity index (χ4v) is 3.14. The number of aromatic nitrogens is 1. The molecule has 0 saturated carbocycles. The number of amides is 2. The van der Waals surface area contributed by atoms with Crippen LogP contribution in [0.4, 0.5) is 11.5 Å². The van der Waals surface area contributed by atoms with E-state index in [1.165, 1.54) is 0 Å². The van der Waals surface area contributed by atoms with E-state index in [0.717, 1.165) is 6.42 Å². The first kappa shape index (κ1) is 16.9. The third-order valence-electron chi connectivity index (χ3n) is 4.88. The van der Waals surface area contributed by atoms with E-state index in [9.17, 15) is 9.59 Å². The minimum Gasteiger partial charge on any atom is -0.365 e. The predicted molar refractivity (Wildman–Crippen MR) is 90.8 cm³/mol. The topological polar surface area (TPSA) is 83.6 Å². The maximum absolute atomic E-state index is 12.4. The molecule has 1 aromatic rings. The van der Waals surface area contributed by atoms with Gasteiger partial charge in [0.2, 0.25) is 5.91 Å². The number of hydrogen-bond acceptors (Lipinski definition) is 5. The largest absolute Gasteiger partial charge is 0.365 e. The quantitative estimate of drug-likeness (QED) is 0.864. The van der Waals surface area contributed by atoms with E-state index in [0.29, 0.717) is 30.4 Å². The molecule has 2 amide bonds. The summed E-state index contributed by atoms with van der Waals surface area (Å²) in [5.41, 5.74) is 0.626. The highest BCUT2D eigenvalue weighted by Gasteiger charge is 2.34. The lowest BCUT2D eigenvalue weighted by atomic mass is 10.0. The molecule has 2 fully saturated rings. The number of ether oxygens (including phenoxy) is 1. The smallest absolute Gasteiger partial charge is 0.253 e.